The number of allylic oxidation sites excluding steroid dienone is 1. The minimum atomic E-state index is -2.98. The normalized spacial score (nSPS) is 11.0. The van der Waals surface area contributed by atoms with E-state index in [0.29, 0.717) is 5.56 Å². The highest BCUT2D eigenvalue weighted by Crippen LogP contribution is 2.29. The second kappa shape index (κ2) is 7.49. The molecule has 0 atom stereocenters. The van der Waals surface area contributed by atoms with E-state index in [1.807, 2.05) is 0 Å². The van der Waals surface area contributed by atoms with Gasteiger partial charge in [0.05, 0.1) is 7.11 Å². The smallest absolute Gasteiger partial charge is 0.387 e. The Morgan fingerprint density at radius 2 is 1.78 bits per heavy atom. The lowest BCUT2D eigenvalue weighted by Gasteiger charge is -2.10. The third kappa shape index (κ3) is 4.60. The number of benzene rings is 2. The van der Waals surface area contributed by atoms with E-state index in [1.165, 1.54) is 61.7 Å². The van der Waals surface area contributed by atoms with E-state index in [2.05, 4.69) is 4.74 Å². The molecule has 0 amide bonds. The molecule has 2 aromatic rings. The summed E-state index contributed by atoms with van der Waals surface area (Å²) in [6.07, 6.45) is 2.83. The number of hydrogen-bond acceptors (Lipinski definition) is 3. The molecule has 0 N–H and O–H groups in total. The van der Waals surface area contributed by atoms with Crippen molar-refractivity contribution in [2.75, 3.05) is 7.11 Å². The Kier molecular flexibility index (Phi) is 5.41. The molecule has 0 bridgehead atoms. The van der Waals surface area contributed by atoms with E-state index in [9.17, 15) is 18.0 Å². The van der Waals surface area contributed by atoms with Crippen LogP contribution >= 0.6 is 0 Å². The molecule has 0 aliphatic heterocycles. The lowest BCUT2D eigenvalue weighted by molar-refractivity contribution is -0.0512. The molecule has 0 saturated carbocycles. The van der Waals surface area contributed by atoms with Crippen molar-refractivity contribution in [1.29, 1.82) is 0 Å². The zero-order valence-electron chi connectivity index (χ0n) is 12.1. The minimum absolute atomic E-state index is 0.0336. The van der Waals surface area contributed by atoms with Crippen LogP contribution in [0.25, 0.3) is 6.08 Å². The fourth-order valence-corrected chi connectivity index (χ4v) is 1.86. The summed E-state index contributed by atoms with van der Waals surface area (Å²) in [7, 11) is 1.29. The number of alkyl halides is 2. The second-order valence-corrected chi connectivity index (χ2v) is 4.49. The van der Waals surface area contributed by atoms with Gasteiger partial charge in [0, 0.05) is 5.56 Å². The van der Waals surface area contributed by atoms with Crippen LogP contribution < -0.4 is 9.47 Å². The van der Waals surface area contributed by atoms with Crippen molar-refractivity contribution in [3.8, 4) is 11.5 Å². The van der Waals surface area contributed by atoms with Crippen LogP contribution in [0.5, 0.6) is 11.5 Å². The van der Waals surface area contributed by atoms with E-state index in [4.69, 9.17) is 4.74 Å². The van der Waals surface area contributed by atoms with Gasteiger partial charge < -0.3 is 9.47 Å². The van der Waals surface area contributed by atoms with Crippen LogP contribution in [0, 0.1) is 5.82 Å². The molecule has 0 heterocycles. The molecule has 0 fully saturated rings. The van der Waals surface area contributed by atoms with Gasteiger partial charge in [0.2, 0.25) is 0 Å². The summed E-state index contributed by atoms with van der Waals surface area (Å²) in [5.74, 6) is -0.836. The standard InChI is InChI=1S/C17H13F3O3/c1-22-16-10-12(5-9-15(16)23-17(19)20)14(21)8-4-11-2-6-13(18)7-3-11/h2-10,17H,1H3. The number of ether oxygens (including phenoxy) is 2. The lowest BCUT2D eigenvalue weighted by Crippen LogP contribution is -2.04. The Labute approximate surface area is 131 Å². The van der Waals surface area contributed by atoms with E-state index < -0.39 is 6.61 Å². The molecule has 0 unspecified atom stereocenters. The van der Waals surface area contributed by atoms with Crippen LogP contribution in [-0.2, 0) is 0 Å². The summed E-state index contributed by atoms with van der Waals surface area (Å²) in [6.45, 7) is -2.98. The summed E-state index contributed by atoms with van der Waals surface area (Å²) >= 11 is 0. The molecule has 120 valence electrons. The van der Waals surface area contributed by atoms with E-state index in [-0.39, 0.29) is 28.7 Å². The van der Waals surface area contributed by atoms with Gasteiger partial charge in [-0.15, -0.1) is 0 Å². The first kappa shape index (κ1) is 16.6. The van der Waals surface area contributed by atoms with Crippen molar-refractivity contribution < 1.29 is 27.4 Å². The fourth-order valence-electron chi connectivity index (χ4n) is 1.86. The molecular weight excluding hydrogens is 309 g/mol. The van der Waals surface area contributed by atoms with Gasteiger partial charge in [-0.25, -0.2) is 4.39 Å². The van der Waals surface area contributed by atoms with Gasteiger partial charge in [0.25, 0.3) is 0 Å². The number of hydrogen-bond donors (Lipinski definition) is 0. The molecule has 0 aliphatic carbocycles. The van der Waals surface area contributed by atoms with Gasteiger partial charge >= 0.3 is 6.61 Å². The molecular formula is C17H13F3O3. The molecule has 3 nitrogen and oxygen atoms in total. The molecule has 0 aromatic heterocycles. The topological polar surface area (TPSA) is 35.5 Å². The highest BCUT2D eigenvalue weighted by Gasteiger charge is 2.13. The van der Waals surface area contributed by atoms with Gasteiger partial charge in [0.1, 0.15) is 5.82 Å². The third-order valence-electron chi connectivity index (χ3n) is 2.96. The maximum absolute atomic E-state index is 12.8. The van der Waals surface area contributed by atoms with Gasteiger partial charge in [-0.05, 0) is 42.0 Å². The zero-order chi connectivity index (χ0) is 16.8. The summed E-state index contributed by atoms with van der Waals surface area (Å²) < 4.78 is 46.5. The van der Waals surface area contributed by atoms with E-state index in [0.717, 1.165) is 0 Å². The minimum Gasteiger partial charge on any atom is -0.493 e. The van der Waals surface area contributed by atoms with Crippen molar-refractivity contribution in [3.05, 3.63) is 65.5 Å². The Hall–Kier alpha value is -2.76. The predicted molar refractivity (Wildman–Crippen MR) is 79.4 cm³/mol. The molecule has 0 spiro atoms. The van der Waals surface area contributed by atoms with Crippen molar-refractivity contribution in [1.82, 2.24) is 0 Å². The number of carbonyl (C=O) groups excluding carboxylic acids is 1. The summed E-state index contributed by atoms with van der Waals surface area (Å²) in [4.78, 5) is 12.1. The second-order valence-electron chi connectivity index (χ2n) is 4.49. The van der Waals surface area contributed by atoms with Crippen molar-refractivity contribution in [2.45, 2.75) is 6.61 Å². The van der Waals surface area contributed by atoms with Crippen LogP contribution in [0.2, 0.25) is 0 Å². The molecule has 23 heavy (non-hydrogen) atoms. The Morgan fingerprint density at radius 1 is 1.09 bits per heavy atom. The van der Waals surface area contributed by atoms with Crippen LogP contribution in [0.3, 0.4) is 0 Å². The van der Waals surface area contributed by atoms with Crippen LogP contribution in [0.1, 0.15) is 15.9 Å². The number of halogens is 3. The average Bonchev–Trinajstić information content (AvgIpc) is 2.54. The van der Waals surface area contributed by atoms with Crippen molar-refractivity contribution in [3.63, 3.8) is 0 Å². The van der Waals surface area contributed by atoms with Crippen LogP contribution in [0.4, 0.5) is 13.2 Å². The van der Waals surface area contributed by atoms with Crippen LogP contribution in [-0.4, -0.2) is 19.5 Å². The molecule has 2 aromatic carbocycles. The predicted octanol–water partition coefficient (Wildman–Crippen LogP) is 4.33. The van der Waals surface area contributed by atoms with Crippen molar-refractivity contribution in [2.24, 2.45) is 0 Å². The molecule has 0 aliphatic rings. The summed E-state index contributed by atoms with van der Waals surface area (Å²) in [6, 6.07) is 9.53. The van der Waals surface area contributed by atoms with E-state index >= 15 is 0 Å². The molecule has 0 saturated heterocycles. The summed E-state index contributed by atoms with van der Waals surface area (Å²) in [5, 5.41) is 0. The monoisotopic (exact) mass is 322 g/mol. The van der Waals surface area contributed by atoms with Gasteiger partial charge in [-0.2, -0.15) is 8.78 Å². The lowest BCUT2D eigenvalue weighted by atomic mass is 10.1. The number of ketones is 1. The highest BCUT2D eigenvalue weighted by molar-refractivity contribution is 6.07. The largest absolute Gasteiger partial charge is 0.493 e. The van der Waals surface area contributed by atoms with Gasteiger partial charge in [-0.1, -0.05) is 18.2 Å². The number of methoxy groups -OCH3 is 1. The molecule has 0 radical (unpaired) electrons. The first-order chi connectivity index (χ1) is 11.0. The van der Waals surface area contributed by atoms with Gasteiger partial charge in [0.15, 0.2) is 17.3 Å². The maximum Gasteiger partial charge on any atom is 0.387 e. The zero-order valence-corrected chi connectivity index (χ0v) is 12.1. The third-order valence-corrected chi connectivity index (χ3v) is 2.96. The first-order valence-electron chi connectivity index (χ1n) is 6.60. The number of carbonyl (C=O) groups is 1. The fraction of sp³-hybridized carbons (Fsp3) is 0.118. The Morgan fingerprint density at radius 3 is 2.39 bits per heavy atom. The van der Waals surface area contributed by atoms with Gasteiger partial charge in [-0.3, -0.25) is 4.79 Å². The quantitative estimate of drug-likeness (QED) is 0.586. The average molecular weight is 322 g/mol. The number of rotatable bonds is 6. The maximum atomic E-state index is 12.8. The first-order valence-corrected chi connectivity index (χ1v) is 6.60. The SMILES string of the molecule is COc1cc(C(=O)C=Cc2ccc(F)cc2)ccc1OC(F)F. The van der Waals surface area contributed by atoms with E-state index in [1.54, 1.807) is 0 Å². The van der Waals surface area contributed by atoms with Crippen LogP contribution in [0.15, 0.2) is 48.5 Å². The highest BCUT2D eigenvalue weighted by atomic mass is 19.3. The summed E-state index contributed by atoms with van der Waals surface area (Å²) in [5.41, 5.74) is 0.909. The Balaban J connectivity index is 2.17. The molecule has 6 heteroatoms. The molecule has 2 rings (SSSR count). The Bertz CT molecular complexity index is 710. The van der Waals surface area contributed by atoms with Crippen molar-refractivity contribution >= 4 is 11.9 Å².